The highest BCUT2D eigenvalue weighted by Crippen LogP contribution is 2.26. The molecule has 1 aromatic heterocycles. The second-order valence-electron chi connectivity index (χ2n) is 5.08. The number of aromatic nitrogens is 2. The van der Waals surface area contributed by atoms with Crippen LogP contribution in [0.3, 0.4) is 0 Å². The first-order chi connectivity index (χ1) is 9.52. The molecule has 20 heavy (non-hydrogen) atoms. The molecule has 1 atom stereocenters. The van der Waals surface area contributed by atoms with Gasteiger partial charge in [0.1, 0.15) is 11.0 Å². The van der Waals surface area contributed by atoms with E-state index in [1.807, 2.05) is 0 Å². The molecule has 1 aliphatic rings. The van der Waals surface area contributed by atoms with E-state index < -0.39 is 5.97 Å². The van der Waals surface area contributed by atoms with Crippen LogP contribution in [0.4, 0.5) is 5.69 Å². The Labute approximate surface area is 125 Å². The van der Waals surface area contributed by atoms with Crippen LogP contribution >= 0.6 is 15.9 Å². The van der Waals surface area contributed by atoms with Crippen molar-refractivity contribution in [3.05, 3.63) is 21.0 Å². The molecule has 6 nitrogen and oxygen atoms in total. The Morgan fingerprint density at radius 1 is 1.60 bits per heavy atom. The maximum atomic E-state index is 12.2. The number of methoxy groups -OCH3 is 1. The molecule has 0 spiro atoms. The Balaban J connectivity index is 2.26. The van der Waals surface area contributed by atoms with E-state index in [1.165, 1.54) is 13.5 Å². The third kappa shape index (κ3) is 3.20. The summed E-state index contributed by atoms with van der Waals surface area (Å²) >= 11 is 3.33. The molecule has 1 aromatic rings. The van der Waals surface area contributed by atoms with Crippen molar-refractivity contribution >= 4 is 27.6 Å². The summed E-state index contributed by atoms with van der Waals surface area (Å²) in [5, 5.41) is 4.06. The second kappa shape index (κ2) is 6.39. The van der Waals surface area contributed by atoms with Crippen LogP contribution in [0.2, 0.25) is 0 Å². The summed E-state index contributed by atoms with van der Waals surface area (Å²) in [6, 6.07) is 0. The Bertz CT molecular complexity index is 558. The maximum Gasteiger partial charge on any atom is 0.327 e. The SMILES string of the molecule is COC(=O)Cn1ncc(N2CCCC(C)C2)c(Br)c1=O. The molecule has 2 rings (SSSR count). The van der Waals surface area contributed by atoms with Crippen LogP contribution in [-0.4, -0.2) is 35.9 Å². The molecule has 1 fully saturated rings. The summed E-state index contributed by atoms with van der Waals surface area (Å²) < 4.78 is 6.10. The normalized spacial score (nSPS) is 18.9. The predicted molar refractivity (Wildman–Crippen MR) is 78.8 cm³/mol. The zero-order valence-electron chi connectivity index (χ0n) is 11.6. The fourth-order valence-electron chi connectivity index (χ4n) is 2.38. The summed E-state index contributed by atoms with van der Waals surface area (Å²) in [4.78, 5) is 25.6. The van der Waals surface area contributed by atoms with Crippen molar-refractivity contribution in [3.8, 4) is 0 Å². The number of hydrogen-bond donors (Lipinski definition) is 0. The van der Waals surface area contributed by atoms with Crippen LogP contribution < -0.4 is 10.5 Å². The number of rotatable bonds is 3. The Hall–Kier alpha value is -1.37. The molecule has 0 aliphatic carbocycles. The minimum absolute atomic E-state index is 0.176. The number of nitrogens with zero attached hydrogens (tertiary/aromatic N) is 3. The lowest BCUT2D eigenvalue weighted by Gasteiger charge is -2.33. The largest absolute Gasteiger partial charge is 0.468 e. The molecule has 0 radical (unpaired) electrons. The van der Waals surface area contributed by atoms with Crippen LogP contribution in [0.25, 0.3) is 0 Å². The summed E-state index contributed by atoms with van der Waals surface area (Å²) in [5.74, 6) is 0.110. The van der Waals surface area contributed by atoms with Gasteiger partial charge in [-0.3, -0.25) is 9.59 Å². The summed E-state index contributed by atoms with van der Waals surface area (Å²) in [6.45, 7) is 3.86. The van der Waals surface area contributed by atoms with Crippen molar-refractivity contribution in [1.29, 1.82) is 0 Å². The van der Waals surface area contributed by atoms with Crippen molar-refractivity contribution in [1.82, 2.24) is 9.78 Å². The van der Waals surface area contributed by atoms with Gasteiger partial charge in [0.25, 0.3) is 5.56 Å². The number of carbonyl (C=O) groups excluding carboxylic acids is 1. The summed E-state index contributed by atoms with van der Waals surface area (Å²) in [7, 11) is 1.28. The van der Waals surface area contributed by atoms with Crippen LogP contribution in [0.15, 0.2) is 15.5 Å². The smallest absolute Gasteiger partial charge is 0.327 e. The standard InChI is InChI=1S/C13H18BrN3O3/c1-9-4-3-5-16(7-9)10-6-15-17(8-11(18)20-2)13(19)12(10)14/h6,9H,3-5,7-8H2,1-2H3. The lowest BCUT2D eigenvalue weighted by molar-refractivity contribution is -0.141. The van der Waals surface area contributed by atoms with Gasteiger partial charge in [0.2, 0.25) is 0 Å². The quantitative estimate of drug-likeness (QED) is 0.776. The van der Waals surface area contributed by atoms with E-state index >= 15 is 0 Å². The van der Waals surface area contributed by atoms with E-state index in [0.29, 0.717) is 10.4 Å². The van der Waals surface area contributed by atoms with Gasteiger partial charge in [-0.05, 0) is 34.7 Å². The predicted octanol–water partition coefficient (Wildman–Crippen LogP) is 1.42. The van der Waals surface area contributed by atoms with Gasteiger partial charge in [0.15, 0.2) is 0 Å². The molecule has 1 saturated heterocycles. The molecule has 7 heteroatoms. The van der Waals surface area contributed by atoms with Crippen LogP contribution in [0.5, 0.6) is 0 Å². The van der Waals surface area contributed by atoms with Gasteiger partial charge in [-0.1, -0.05) is 6.92 Å². The number of ether oxygens (including phenoxy) is 1. The molecule has 110 valence electrons. The number of hydrogen-bond acceptors (Lipinski definition) is 5. The molecule has 0 saturated carbocycles. The van der Waals surface area contributed by atoms with Crippen molar-refractivity contribution < 1.29 is 9.53 Å². The molecule has 0 N–H and O–H groups in total. The van der Waals surface area contributed by atoms with E-state index in [9.17, 15) is 9.59 Å². The molecular formula is C13H18BrN3O3. The van der Waals surface area contributed by atoms with Gasteiger partial charge in [-0.2, -0.15) is 5.10 Å². The summed E-state index contributed by atoms with van der Waals surface area (Å²) in [6.07, 6.45) is 3.95. The van der Waals surface area contributed by atoms with Gasteiger partial charge >= 0.3 is 5.97 Å². The Kier molecular flexibility index (Phi) is 4.80. The van der Waals surface area contributed by atoms with Crippen LogP contribution in [0, 0.1) is 5.92 Å². The zero-order valence-corrected chi connectivity index (χ0v) is 13.2. The van der Waals surface area contributed by atoms with Crippen molar-refractivity contribution in [2.45, 2.75) is 26.3 Å². The van der Waals surface area contributed by atoms with E-state index in [4.69, 9.17) is 0 Å². The average molecular weight is 344 g/mol. The minimum atomic E-state index is -0.495. The monoisotopic (exact) mass is 343 g/mol. The van der Waals surface area contributed by atoms with Crippen LogP contribution in [0.1, 0.15) is 19.8 Å². The van der Waals surface area contributed by atoms with E-state index in [2.05, 4.69) is 37.6 Å². The molecule has 0 aromatic carbocycles. The Morgan fingerprint density at radius 3 is 3.00 bits per heavy atom. The number of carbonyl (C=O) groups is 1. The van der Waals surface area contributed by atoms with Crippen molar-refractivity contribution in [3.63, 3.8) is 0 Å². The van der Waals surface area contributed by atoms with E-state index in [0.717, 1.165) is 29.9 Å². The first kappa shape index (κ1) is 15.0. The first-order valence-corrected chi connectivity index (χ1v) is 7.39. The lowest BCUT2D eigenvalue weighted by atomic mass is 10.00. The van der Waals surface area contributed by atoms with Crippen molar-refractivity contribution in [2.75, 3.05) is 25.1 Å². The molecule has 2 heterocycles. The molecule has 0 amide bonds. The Morgan fingerprint density at radius 2 is 2.35 bits per heavy atom. The third-order valence-electron chi connectivity index (χ3n) is 3.47. The molecule has 1 unspecified atom stereocenters. The number of anilines is 1. The minimum Gasteiger partial charge on any atom is -0.468 e. The van der Waals surface area contributed by atoms with Gasteiger partial charge in [0, 0.05) is 13.1 Å². The average Bonchev–Trinajstić information content (AvgIpc) is 2.44. The summed E-state index contributed by atoms with van der Waals surface area (Å²) in [5.41, 5.74) is 0.480. The maximum absolute atomic E-state index is 12.2. The second-order valence-corrected chi connectivity index (χ2v) is 5.87. The number of halogens is 1. The zero-order chi connectivity index (χ0) is 14.7. The number of piperidine rings is 1. The van der Waals surface area contributed by atoms with Gasteiger partial charge in [-0.25, -0.2) is 4.68 Å². The van der Waals surface area contributed by atoms with Gasteiger partial charge < -0.3 is 9.64 Å². The molecule has 0 bridgehead atoms. The number of esters is 1. The van der Waals surface area contributed by atoms with Gasteiger partial charge in [0.05, 0.1) is 19.0 Å². The van der Waals surface area contributed by atoms with Crippen molar-refractivity contribution in [2.24, 2.45) is 5.92 Å². The fourth-order valence-corrected chi connectivity index (χ4v) is 2.94. The highest BCUT2D eigenvalue weighted by molar-refractivity contribution is 9.10. The molecular weight excluding hydrogens is 326 g/mol. The highest BCUT2D eigenvalue weighted by Gasteiger charge is 2.21. The fraction of sp³-hybridized carbons (Fsp3) is 0.615. The highest BCUT2D eigenvalue weighted by atomic mass is 79.9. The first-order valence-electron chi connectivity index (χ1n) is 6.60. The van der Waals surface area contributed by atoms with E-state index in [-0.39, 0.29) is 12.1 Å². The van der Waals surface area contributed by atoms with Gasteiger partial charge in [-0.15, -0.1) is 0 Å². The van der Waals surface area contributed by atoms with E-state index in [1.54, 1.807) is 6.20 Å². The lowest BCUT2D eigenvalue weighted by Crippen LogP contribution is -2.37. The topological polar surface area (TPSA) is 64.4 Å². The third-order valence-corrected chi connectivity index (χ3v) is 4.22. The molecule has 1 aliphatic heterocycles. The van der Waals surface area contributed by atoms with Crippen LogP contribution in [-0.2, 0) is 16.1 Å².